The molecule has 6 nitrogen and oxygen atoms in total. The van der Waals surface area contributed by atoms with Crippen molar-refractivity contribution in [1.82, 2.24) is 19.9 Å². The smallest absolute Gasteiger partial charge is 0.160 e. The van der Waals surface area contributed by atoms with Gasteiger partial charge in [-0.15, -0.1) is 0 Å². The molecule has 0 radical (unpaired) electrons. The quantitative estimate of drug-likeness (QED) is 0.506. The fourth-order valence-electron chi connectivity index (χ4n) is 3.33. The van der Waals surface area contributed by atoms with Crippen molar-refractivity contribution in [2.75, 3.05) is 5.32 Å². The molecule has 2 N–H and O–H groups in total. The third-order valence-electron chi connectivity index (χ3n) is 5.02. The van der Waals surface area contributed by atoms with Crippen molar-refractivity contribution in [2.45, 2.75) is 39.7 Å². The van der Waals surface area contributed by atoms with E-state index < -0.39 is 0 Å². The minimum Gasteiger partial charge on any atom is -0.388 e. The van der Waals surface area contributed by atoms with Crippen LogP contribution in [0.1, 0.15) is 37.7 Å². The van der Waals surface area contributed by atoms with Gasteiger partial charge in [-0.05, 0) is 47.7 Å². The molecule has 30 heavy (non-hydrogen) atoms. The Labute approximate surface area is 176 Å². The predicted molar refractivity (Wildman–Crippen MR) is 120 cm³/mol. The Hall–Kier alpha value is -3.38. The molecule has 4 rings (SSSR count). The molecule has 1 aromatic carbocycles. The van der Waals surface area contributed by atoms with Crippen molar-refractivity contribution in [1.29, 1.82) is 0 Å². The molecule has 0 unspecified atom stereocenters. The summed E-state index contributed by atoms with van der Waals surface area (Å²) in [6.45, 7) is 8.32. The summed E-state index contributed by atoms with van der Waals surface area (Å²) < 4.78 is 0. The van der Waals surface area contributed by atoms with Crippen LogP contribution in [0, 0.1) is 6.92 Å². The summed E-state index contributed by atoms with van der Waals surface area (Å²) in [5, 5.41) is 13.0. The fourth-order valence-corrected chi connectivity index (χ4v) is 3.33. The highest BCUT2D eigenvalue weighted by atomic mass is 16.3. The number of fused-ring (bicyclic) bond motifs is 1. The average Bonchev–Trinajstić information content (AvgIpc) is 2.73. The highest BCUT2D eigenvalue weighted by molar-refractivity contribution is 5.89. The lowest BCUT2D eigenvalue weighted by Crippen LogP contribution is -2.10. The average molecular weight is 399 g/mol. The monoisotopic (exact) mass is 399 g/mol. The van der Waals surface area contributed by atoms with Gasteiger partial charge in [0.05, 0.1) is 11.2 Å². The molecule has 0 aliphatic rings. The number of anilines is 2. The Morgan fingerprint density at radius 3 is 2.43 bits per heavy atom. The van der Waals surface area contributed by atoms with Gasteiger partial charge in [0.1, 0.15) is 12.1 Å². The maximum Gasteiger partial charge on any atom is 0.160 e. The van der Waals surface area contributed by atoms with Crippen molar-refractivity contribution >= 4 is 22.5 Å². The Balaban J connectivity index is 1.75. The largest absolute Gasteiger partial charge is 0.388 e. The summed E-state index contributed by atoms with van der Waals surface area (Å²) >= 11 is 0. The lowest BCUT2D eigenvalue weighted by Gasteiger charge is -2.19. The maximum absolute atomic E-state index is 9.66. The lowest BCUT2D eigenvalue weighted by molar-refractivity contribution is 0.272. The van der Waals surface area contributed by atoms with Gasteiger partial charge >= 0.3 is 0 Å². The number of nitrogens with zero attached hydrogens (tertiary/aromatic N) is 4. The van der Waals surface area contributed by atoms with Gasteiger partial charge in [-0.3, -0.25) is 4.98 Å². The number of aryl methyl sites for hydroxylation is 1. The number of pyridine rings is 2. The second-order valence-electron chi connectivity index (χ2n) is 8.36. The molecular weight excluding hydrogens is 374 g/mol. The lowest BCUT2D eigenvalue weighted by atomic mass is 9.87. The van der Waals surface area contributed by atoms with Crippen molar-refractivity contribution in [2.24, 2.45) is 0 Å². The fraction of sp³-hybridized carbons (Fsp3) is 0.250. The van der Waals surface area contributed by atoms with Gasteiger partial charge in [0.25, 0.3) is 0 Å². The number of aliphatic hydroxyl groups is 1. The summed E-state index contributed by atoms with van der Waals surface area (Å²) in [6.07, 6.45) is 3.55. The van der Waals surface area contributed by atoms with E-state index in [-0.39, 0.29) is 12.0 Å². The molecule has 0 amide bonds. The first kappa shape index (κ1) is 19.9. The molecule has 0 fully saturated rings. The molecule has 0 spiro atoms. The molecule has 0 bridgehead atoms. The number of hydrogen-bond donors (Lipinski definition) is 2. The zero-order chi connectivity index (χ0) is 21.3. The first-order valence-electron chi connectivity index (χ1n) is 9.92. The predicted octanol–water partition coefficient (Wildman–Crippen LogP) is 4.93. The van der Waals surface area contributed by atoms with E-state index in [1.807, 2.05) is 37.3 Å². The Morgan fingerprint density at radius 2 is 1.77 bits per heavy atom. The van der Waals surface area contributed by atoms with Gasteiger partial charge in [0.15, 0.2) is 11.6 Å². The number of aromatic nitrogens is 4. The minimum atomic E-state index is -0.250. The molecule has 0 saturated heterocycles. The van der Waals surface area contributed by atoms with Crippen LogP contribution in [0.3, 0.4) is 0 Å². The normalized spacial score (nSPS) is 11.6. The number of nitrogens with one attached hydrogen (secondary N) is 1. The number of hydrogen-bond acceptors (Lipinski definition) is 6. The Bertz CT molecular complexity index is 1200. The van der Waals surface area contributed by atoms with Crippen molar-refractivity contribution < 1.29 is 5.11 Å². The summed E-state index contributed by atoms with van der Waals surface area (Å²) in [7, 11) is 0. The van der Waals surface area contributed by atoms with Gasteiger partial charge in [-0.1, -0.05) is 39.0 Å². The molecule has 3 aromatic heterocycles. The zero-order valence-electron chi connectivity index (χ0n) is 17.6. The molecule has 0 atom stereocenters. The summed E-state index contributed by atoms with van der Waals surface area (Å²) in [6, 6.07) is 14.1. The van der Waals surface area contributed by atoms with Crippen LogP contribution in [0.4, 0.5) is 11.5 Å². The van der Waals surface area contributed by atoms with E-state index in [4.69, 9.17) is 0 Å². The minimum absolute atomic E-state index is 0.0891. The molecule has 0 saturated carbocycles. The van der Waals surface area contributed by atoms with Gasteiger partial charge in [0.2, 0.25) is 0 Å². The number of benzene rings is 1. The van der Waals surface area contributed by atoms with E-state index in [9.17, 15) is 5.11 Å². The summed E-state index contributed by atoms with van der Waals surface area (Å²) in [5.74, 6) is 0.907. The van der Waals surface area contributed by atoms with Crippen LogP contribution in [0.2, 0.25) is 0 Å². The van der Waals surface area contributed by atoms with Crippen LogP contribution in [0.5, 0.6) is 0 Å². The van der Waals surface area contributed by atoms with E-state index in [0.717, 1.165) is 22.5 Å². The van der Waals surface area contributed by atoms with Gasteiger partial charge < -0.3 is 10.4 Å². The summed E-state index contributed by atoms with van der Waals surface area (Å²) in [4.78, 5) is 18.0. The van der Waals surface area contributed by atoms with Crippen molar-refractivity contribution in [3.63, 3.8) is 0 Å². The molecule has 3 heterocycles. The Kier molecular flexibility index (Phi) is 5.18. The van der Waals surface area contributed by atoms with Crippen LogP contribution >= 0.6 is 0 Å². The van der Waals surface area contributed by atoms with Gasteiger partial charge in [-0.2, -0.15) is 0 Å². The second-order valence-corrected chi connectivity index (χ2v) is 8.36. The molecular formula is C24H25N5O. The third kappa shape index (κ3) is 4.00. The molecule has 4 aromatic rings. The topological polar surface area (TPSA) is 83.8 Å². The molecule has 152 valence electrons. The van der Waals surface area contributed by atoms with Crippen LogP contribution in [-0.2, 0) is 12.0 Å². The number of rotatable bonds is 4. The highest BCUT2D eigenvalue weighted by Gasteiger charge is 2.15. The van der Waals surface area contributed by atoms with E-state index in [1.165, 1.54) is 5.56 Å². The first-order chi connectivity index (χ1) is 14.3. The third-order valence-corrected chi connectivity index (χ3v) is 5.02. The van der Waals surface area contributed by atoms with Gasteiger partial charge in [-0.25, -0.2) is 15.0 Å². The van der Waals surface area contributed by atoms with Crippen LogP contribution in [0.25, 0.3) is 22.3 Å². The van der Waals surface area contributed by atoms with Crippen LogP contribution in [-0.4, -0.2) is 25.0 Å². The maximum atomic E-state index is 9.66. The standard InChI is InChI=1S/C24H25N5O/c1-15-6-5-11-25-21(15)16-12-19-22(26-13-16)23(29-20(14-30)28-19)27-18-9-7-17(8-10-18)24(2,3)4/h5-13,30H,14H2,1-4H3,(H,27,28,29). The summed E-state index contributed by atoms with van der Waals surface area (Å²) in [5.41, 5.74) is 6.35. The van der Waals surface area contributed by atoms with E-state index in [1.54, 1.807) is 12.4 Å². The zero-order valence-corrected chi connectivity index (χ0v) is 17.6. The van der Waals surface area contributed by atoms with Crippen LogP contribution < -0.4 is 5.32 Å². The number of aliphatic hydroxyl groups excluding tert-OH is 1. The van der Waals surface area contributed by atoms with Crippen molar-refractivity contribution in [3.8, 4) is 11.3 Å². The van der Waals surface area contributed by atoms with E-state index >= 15 is 0 Å². The van der Waals surface area contributed by atoms with Crippen LogP contribution in [0.15, 0.2) is 54.9 Å². The molecule has 6 heteroatoms. The SMILES string of the molecule is Cc1cccnc1-c1cnc2c(Nc3ccc(C(C)(C)C)cc3)nc(CO)nc2c1. The van der Waals surface area contributed by atoms with E-state index in [0.29, 0.717) is 22.7 Å². The van der Waals surface area contributed by atoms with Crippen molar-refractivity contribution in [3.05, 3.63) is 71.8 Å². The molecule has 0 aliphatic carbocycles. The highest BCUT2D eigenvalue weighted by Crippen LogP contribution is 2.28. The van der Waals surface area contributed by atoms with Gasteiger partial charge in [0, 0.05) is 23.6 Å². The van der Waals surface area contributed by atoms with E-state index in [2.05, 4.69) is 58.2 Å². The first-order valence-corrected chi connectivity index (χ1v) is 9.92. The second kappa shape index (κ2) is 7.80. The molecule has 0 aliphatic heterocycles. The Morgan fingerprint density at radius 1 is 1.00 bits per heavy atom.